The highest BCUT2D eigenvalue weighted by molar-refractivity contribution is 6.12. The van der Waals surface area contributed by atoms with Crippen molar-refractivity contribution in [3.05, 3.63) is 70.8 Å². The van der Waals surface area contributed by atoms with Gasteiger partial charge < -0.3 is 4.74 Å². The lowest BCUT2D eigenvalue weighted by Crippen LogP contribution is -2.28. The zero-order valence-electron chi connectivity index (χ0n) is 17.3. The van der Waals surface area contributed by atoms with Gasteiger partial charge in [-0.15, -0.1) is 0 Å². The predicted molar refractivity (Wildman–Crippen MR) is 109 cm³/mol. The normalized spacial score (nSPS) is 15.2. The Balaban J connectivity index is 2.17. The predicted octanol–water partition coefficient (Wildman–Crippen LogP) is 5.23. The van der Waals surface area contributed by atoms with Crippen molar-refractivity contribution in [3.63, 3.8) is 0 Å². The van der Waals surface area contributed by atoms with E-state index >= 15 is 0 Å². The molecule has 1 aliphatic carbocycles. The van der Waals surface area contributed by atoms with Gasteiger partial charge in [0.05, 0.1) is 6.61 Å². The Morgan fingerprint density at radius 3 is 1.93 bits per heavy atom. The topological polar surface area (TPSA) is 43.4 Å². The number of Topliss-reactive ketones (excluding diaryl/α,β-unsaturated/α-hetero) is 1. The second-order valence-electron chi connectivity index (χ2n) is 8.99. The van der Waals surface area contributed by atoms with Gasteiger partial charge in [-0.05, 0) is 34.1 Å². The number of benzene rings is 1. The molecule has 1 aliphatic rings. The van der Waals surface area contributed by atoms with Crippen LogP contribution in [0.15, 0.2) is 65.3 Å². The highest BCUT2D eigenvalue weighted by Gasteiger charge is 2.34. The van der Waals surface area contributed by atoms with Crippen molar-refractivity contribution in [2.24, 2.45) is 10.8 Å². The van der Waals surface area contributed by atoms with Gasteiger partial charge in [-0.3, -0.25) is 4.79 Å². The maximum Gasteiger partial charge on any atom is 0.331 e. The molecule has 0 aromatic heterocycles. The average molecular weight is 367 g/mol. The number of rotatable bonds is 4. The molecule has 0 unspecified atom stereocenters. The Bertz CT molecular complexity index is 758. The number of allylic oxidation sites excluding steroid dienone is 5. The summed E-state index contributed by atoms with van der Waals surface area (Å²) in [5.41, 5.74) is 2.70. The molecule has 0 atom stereocenters. The fraction of sp³-hybridized carbons (Fsp3) is 0.417. The molecule has 0 aliphatic heterocycles. The summed E-state index contributed by atoms with van der Waals surface area (Å²) in [5, 5.41) is 0. The first-order valence-electron chi connectivity index (χ1n) is 9.40. The molecule has 0 fully saturated rings. The molecule has 0 heterocycles. The maximum absolute atomic E-state index is 12.9. The molecular formula is C24H30O3. The Morgan fingerprint density at radius 1 is 0.926 bits per heavy atom. The van der Waals surface area contributed by atoms with E-state index in [-0.39, 0.29) is 22.6 Å². The Hall–Kier alpha value is -2.42. The number of esters is 1. The largest absolute Gasteiger partial charge is 0.462 e. The minimum Gasteiger partial charge on any atom is -0.462 e. The number of hydrogen-bond acceptors (Lipinski definition) is 3. The van der Waals surface area contributed by atoms with Crippen LogP contribution in [0.4, 0.5) is 0 Å². The van der Waals surface area contributed by atoms with Gasteiger partial charge in [-0.2, -0.15) is 0 Å². The second-order valence-corrected chi connectivity index (χ2v) is 8.99. The van der Waals surface area contributed by atoms with Crippen molar-refractivity contribution < 1.29 is 14.3 Å². The van der Waals surface area contributed by atoms with Gasteiger partial charge in [0.25, 0.3) is 0 Å². The highest BCUT2D eigenvalue weighted by atomic mass is 16.5. The zero-order chi connectivity index (χ0) is 20.2. The van der Waals surface area contributed by atoms with Gasteiger partial charge in [0.2, 0.25) is 0 Å². The number of ketones is 1. The fourth-order valence-electron chi connectivity index (χ4n) is 2.94. The number of ether oxygens (including phenoxy) is 1. The first kappa shape index (κ1) is 20.9. The molecule has 0 saturated carbocycles. The average Bonchev–Trinajstić information content (AvgIpc) is 2.55. The van der Waals surface area contributed by atoms with Crippen LogP contribution < -0.4 is 0 Å². The molecule has 27 heavy (non-hydrogen) atoms. The quantitative estimate of drug-likeness (QED) is 0.541. The lowest BCUT2D eigenvalue weighted by molar-refractivity contribution is -0.137. The van der Waals surface area contributed by atoms with E-state index in [4.69, 9.17) is 4.74 Å². The van der Waals surface area contributed by atoms with Crippen molar-refractivity contribution >= 4 is 11.8 Å². The number of hydrogen-bond donors (Lipinski definition) is 0. The van der Waals surface area contributed by atoms with Gasteiger partial charge in [-0.1, -0.05) is 71.9 Å². The zero-order valence-corrected chi connectivity index (χ0v) is 17.3. The molecule has 0 bridgehead atoms. The molecule has 144 valence electrons. The van der Waals surface area contributed by atoms with Gasteiger partial charge in [0, 0.05) is 23.6 Å². The molecule has 0 saturated heterocycles. The van der Waals surface area contributed by atoms with Crippen LogP contribution in [0, 0.1) is 10.8 Å². The van der Waals surface area contributed by atoms with Crippen molar-refractivity contribution in [1.82, 2.24) is 0 Å². The minimum absolute atomic E-state index is 0.0598. The lowest BCUT2D eigenvalue weighted by atomic mass is 9.72. The summed E-state index contributed by atoms with van der Waals surface area (Å²) in [6, 6.07) is 9.92. The third-order valence-electron chi connectivity index (χ3n) is 4.49. The molecule has 0 N–H and O–H groups in total. The molecule has 3 heteroatoms. The molecule has 3 nitrogen and oxygen atoms in total. The van der Waals surface area contributed by atoms with Crippen molar-refractivity contribution in [2.75, 3.05) is 6.61 Å². The third-order valence-corrected chi connectivity index (χ3v) is 4.49. The van der Waals surface area contributed by atoms with Crippen LogP contribution in [0.5, 0.6) is 0 Å². The summed E-state index contributed by atoms with van der Waals surface area (Å²) in [4.78, 5) is 25.2. The standard InChI is InChI=1S/C24H30O3/c1-23(2,3)19-14-18(15-20(22(19)26)24(4,5)6)16-21(25)27-13-12-17-10-8-7-9-11-17/h7-11,14-16H,12-13H2,1-6H3. The van der Waals surface area contributed by atoms with E-state index < -0.39 is 0 Å². The minimum atomic E-state index is -0.385. The van der Waals surface area contributed by atoms with Crippen LogP contribution >= 0.6 is 0 Å². The Morgan fingerprint density at radius 2 is 1.44 bits per heavy atom. The molecule has 2 rings (SSSR count). The van der Waals surface area contributed by atoms with E-state index in [0.717, 1.165) is 16.7 Å². The van der Waals surface area contributed by atoms with Crippen molar-refractivity contribution in [1.29, 1.82) is 0 Å². The summed E-state index contributed by atoms with van der Waals surface area (Å²) in [6.07, 6.45) is 5.79. The summed E-state index contributed by atoms with van der Waals surface area (Å²) in [5.74, 6) is -0.325. The fourth-order valence-corrected chi connectivity index (χ4v) is 2.94. The van der Waals surface area contributed by atoms with E-state index in [1.165, 1.54) is 6.08 Å². The molecule has 0 radical (unpaired) electrons. The second kappa shape index (κ2) is 8.08. The van der Waals surface area contributed by atoms with Gasteiger partial charge in [0.1, 0.15) is 0 Å². The van der Waals surface area contributed by atoms with Crippen LogP contribution in [0.25, 0.3) is 0 Å². The van der Waals surface area contributed by atoms with Gasteiger partial charge in [0.15, 0.2) is 5.78 Å². The van der Waals surface area contributed by atoms with E-state index in [9.17, 15) is 9.59 Å². The first-order chi connectivity index (χ1) is 12.5. The van der Waals surface area contributed by atoms with Crippen molar-refractivity contribution in [2.45, 2.75) is 48.0 Å². The van der Waals surface area contributed by atoms with Crippen LogP contribution in [0.1, 0.15) is 47.1 Å². The lowest BCUT2D eigenvalue weighted by Gasteiger charge is -2.31. The van der Waals surface area contributed by atoms with Crippen LogP contribution in [0.2, 0.25) is 0 Å². The van der Waals surface area contributed by atoms with E-state index in [1.54, 1.807) is 0 Å². The summed E-state index contributed by atoms with van der Waals surface area (Å²) in [7, 11) is 0. The number of carbonyl (C=O) groups is 2. The van der Waals surface area contributed by atoms with E-state index in [1.807, 2.05) is 84.0 Å². The Labute approximate surface area is 162 Å². The van der Waals surface area contributed by atoms with E-state index in [0.29, 0.717) is 18.6 Å². The monoisotopic (exact) mass is 366 g/mol. The molecular weight excluding hydrogens is 336 g/mol. The van der Waals surface area contributed by atoms with Crippen LogP contribution in [0.3, 0.4) is 0 Å². The van der Waals surface area contributed by atoms with Gasteiger partial charge in [-0.25, -0.2) is 4.79 Å². The van der Waals surface area contributed by atoms with Gasteiger partial charge >= 0.3 is 5.97 Å². The maximum atomic E-state index is 12.9. The smallest absolute Gasteiger partial charge is 0.331 e. The van der Waals surface area contributed by atoms with Crippen molar-refractivity contribution in [3.8, 4) is 0 Å². The highest BCUT2D eigenvalue weighted by Crippen LogP contribution is 2.38. The molecule has 1 aromatic carbocycles. The molecule has 0 spiro atoms. The molecule has 0 amide bonds. The molecule has 1 aromatic rings. The first-order valence-corrected chi connectivity index (χ1v) is 9.40. The van der Waals surface area contributed by atoms with Crippen LogP contribution in [-0.2, 0) is 20.7 Å². The Kier molecular flexibility index (Phi) is 6.25. The van der Waals surface area contributed by atoms with Crippen LogP contribution in [-0.4, -0.2) is 18.4 Å². The summed E-state index contributed by atoms with van der Waals surface area (Å²) >= 11 is 0. The summed E-state index contributed by atoms with van der Waals surface area (Å²) in [6.45, 7) is 12.4. The number of carbonyl (C=O) groups excluding carboxylic acids is 2. The third kappa shape index (κ3) is 5.78. The SMILES string of the molecule is CC(C)(C)C1=CC(=CC(=O)OCCc2ccccc2)C=C(C(C)(C)C)C1=O. The van der Waals surface area contributed by atoms with E-state index in [2.05, 4.69) is 0 Å². The summed E-state index contributed by atoms with van der Waals surface area (Å²) < 4.78 is 5.36.